The highest BCUT2D eigenvalue weighted by molar-refractivity contribution is 7.50. The number of aliphatic hydroxyl groups is 1. The van der Waals surface area contributed by atoms with Crippen molar-refractivity contribution in [1.29, 1.82) is 0 Å². The molecule has 12 nitrogen and oxygen atoms in total. The van der Waals surface area contributed by atoms with Gasteiger partial charge in [0, 0.05) is 37.8 Å². The molecule has 5 N–H and O–H groups in total. The van der Waals surface area contributed by atoms with E-state index >= 15 is 0 Å². The topological polar surface area (TPSA) is 166 Å². The van der Waals surface area contributed by atoms with E-state index < -0.39 is 32.0 Å². The second-order valence-electron chi connectivity index (χ2n) is 12.2. The molecule has 2 atom stereocenters. The number of amides is 5. The molecule has 1 fully saturated rings. The predicted octanol–water partition coefficient (Wildman–Crippen LogP) is 4.44. The summed E-state index contributed by atoms with van der Waals surface area (Å²) in [7, 11) is -0.937. The summed E-state index contributed by atoms with van der Waals surface area (Å²) in [5.41, 5.74) is 1.49. The molecular weight excluding hydrogens is 652 g/mol. The monoisotopic (exact) mass is 705 g/mol. The van der Waals surface area contributed by atoms with Crippen molar-refractivity contribution in [3.63, 3.8) is 0 Å². The lowest BCUT2D eigenvalue weighted by atomic mass is 10.2. The highest BCUT2D eigenvalue weighted by Gasteiger charge is 2.24. The van der Waals surface area contributed by atoms with Gasteiger partial charge in [0.05, 0.1) is 25.4 Å². The smallest absolute Gasteiger partial charge is 0.253 e. The molecule has 1 aromatic rings. The molecule has 1 aromatic carbocycles. The van der Waals surface area contributed by atoms with Crippen LogP contribution in [-0.2, 0) is 35.1 Å². The van der Waals surface area contributed by atoms with Gasteiger partial charge in [-0.3, -0.25) is 34.0 Å². The Balaban J connectivity index is 0.00000267. The van der Waals surface area contributed by atoms with Gasteiger partial charge in [0.25, 0.3) is 11.8 Å². The Morgan fingerprint density at radius 1 is 1.10 bits per heavy atom. The van der Waals surface area contributed by atoms with E-state index in [1.54, 1.807) is 6.07 Å². The molecule has 1 aliphatic carbocycles. The maximum atomic E-state index is 14.8. The van der Waals surface area contributed by atoms with E-state index in [2.05, 4.69) is 34.9 Å². The average Bonchev–Trinajstić information content (AvgIpc) is 3.85. The van der Waals surface area contributed by atoms with Crippen molar-refractivity contribution in [2.75, 3.05) is 37.7 Å². The zero-order valence-corrected chi connectivity index (χ0v) is 30.1. The standard InChI is InChI=1S/C32H45FN5O7P.C3H8/c1-22(20-39)7-6-16-46(35-18-24-9-10-24)45-21-25-11-12-27(26(33)17-25)37-32(44)23(2)36-29(41)19-34-28(40)8-4-3-5-15-38-30(42)13-14-31(38)43;1-3-2/h7,11-14,17,23-24,35,39H,3-6,8-10,15-16,18-21H2,1-2H3,(H,34,40)(H,36,41)(H,37,44);3H2,1-2H3/b22-7+;. The summed E-state index contributed by atoms with van der Waals surface area (Å²) in [6, 6.07) is 3.44. The van der Waals surface area contributed by atoms with Gasteiger partial charge in [-0.2, -0.15) is 0 Å². The molecule has 1 saturated carbocycles. The number of carbonyl (C=O) groups excluding carboxylic acids is 5. The zero-order valence-electron chi connectivity index (χ0n) is 29.2. The van der Waals surface area contributed by atoms with Crippen LogP contribution in [0.5, 0.6) is 0 Å². The number of anilines is 1. The van der Waals surface area contributed by atoms with Crippen LogP contribution in [0.1, 0.15) is 84.6 Å². The first-order valence-corrected chi connectivity index (χ1v) is 18.5. The van der Waals surface area contributed by atoms with Gasteiger partial charge in [0.15, 0.2) is 0 Å². The second-order valence-corrected chi connectivity index (χ2v) is 14.0. The van der Waals surface area contributed by atoms with Gasteiger partial charge in [-0.05, 0) is 69.6 Å². The first-order valence-electron chi connectivity index (χ1n) is 17.1. The van der Waals surface area contributed by atoms with Crippen LogP contribution in [0.2, 0.25) is 0 Å². The number of imide groups is 1. The van der Waals surface area contributed by atoms with E-state index in [4.69, 9.17) is 4.52 Å². The average molecular weight is 706 g/mol. The summed E-state index contributed by atoms with van der Waals surface area (Å²) in [5, 5.41) is 20.1. The number of rotatable bonds is 21. The normalized spacial score (nSPS) is 15.4. The third kappa shape index (κ3) is 17.1. The summed E-state index contributed by atoms with van der Waals surface area (Å²) in [6.07, 6.45) is 11.6. The van der Waals surface area contributed by atoms with Crippen molar-refractivity contribution in [3.8, 4) is 0 Å². The summed E-state index contributed by atoms with van der Waals surface area (Å²) in [4.78, 5) is 61.1. The predicted molar refractivity (Wildman–Crippen MR) is 189 cm³/mol. The highest BCUT2D eigenvalue weighted by Crippen LogP contribution is 2.37. The van der Waals surface area contributed by atoms with Crippen molar-refractivity contribution in [2.45, 2.75) is 91.7 Å². The number of aliphatic hydroxyl groups excluding tert-OH is 1. The number of nitrogens with one attached hydrogen (secondary N) is 4. The lowest BCUT2D eigenvalue weighted by Crippen LogP contribution is -2.45. The lowest BCUT2D eigenvalue weighted by Gasteiger charge is -2.19. The number of allylic oxidation sites excluding steroid dienone is 1. The fourth-order valence-corrected chi connectivity index (χ4v) is 5.90. The minimum absolute atomic E-state index is 0.0250. The minimum Gasteiger partial charge on any atom is -0.392 e. The quantitative estimate of drug-likeness (QED) is 0.0542. The van der Waals surface area contributed by atoms with E-state index in [9.17, 15) is 33.5 Å². The molecule has 49 heavy (non-hydrogen) atoms. The number of unbranched alkanes of at least 4 members (excludes halogenated alkanes) is 2. The van der Waals surface area contributed by atoms with E-state index in [-0.39, 0.29) is 49.6 Å². The minimum atomic E-state index is -0.984. The molecule has 2 aliphatic rings. The molecule has 0 spiro atoms. The van der Waals surface area contributed by atoms with Crippen LogP contribution in [-0.4, -0.2) is 78.0 Å². The number of halogens is 1. The largest absolute Gasteiger partial charge is 0.392 e. The Kier molecular flexibility index (Phi) is 19.6. The molecule has 0 bridgehead atoms. The molecule has 0 saturated heterocycles. The van der Waals surface area contributed by atoms with Gasteiger partial charge in [0.1, 0.15) is 20.2 Å². The number of hydrogen-bond acceptors (Lipinski definition) is 8. The van der Waals surface area contributed by atoms with Crippen molar-refractivity contribution < 1.29 is 38.0 Å². The molecule has 0 radical (unpaired) electrons. The Morgan fingerprint density at radius 2 is 1.80 bits per heavy atom. The van der Waals surface area contributed by atoms with Gasteiger partial charge in [-0.15, -0.1) is 0 Å². The highest BCUT2D eigenvalue weighted by atomic mass is 31.2. The van der Waals surface area contributed by atoms with Crippen LogP contribution in [0, 0.1) is 11.7 Å². The molecule has 0 aromatic heterocycles. The molecule has 5 amide bonds. The molecule has 1 heterocycles. The summed E-state index contributed by atoms with van der Waals surface area (Å²) in [6.45, 7) is 8.66. The molecule has 2 unspecified atom stereocenters. The van der Waals surface area contributed by atoms with Gasteiger partial charge < -0.3 is 25.6 Å². The number of carbonyl (C=O) groups is 5. The number of hydrogen-bond donors (Lipinski definition) is 5. The molecule has 272 valence electrons. The maximum Gasteiger partial charge on any atom is 0.253 e. The van der Waals surface area contributed by atoms with Gasteiger partial charge in [-0.25, -0.2) is 4.39 Å². The molecule has 14 heteroatoms. The Morgan fingerprint density at radius 3 is 2.43 bits per heavy atom. The van der Waals surface area contributed by atoms with Crippen molar-refractivity contribution >= 4 is 43.5 Å². The van der Waals surface area contributed by atoms with Crippen molar-refractivity contribution in [2.24, 2.45) is 5.92 Å². The van der Waals surface area contributed by atoms with Crippen LogP contribution >= 0.6 is 8.30 Å². The Hall–Kier alpha value is -3.51. The molecule has 1 aliphatic heterocycles. The fourth-order valence-electron chi connectivity index (χ4n) is 4.39. The summed E-state index contributed by atoms with van der Waals surface area (Å²) < 4.78 is 20.9. The van der Waals surface area contributed by atoms with Gasteiger partial charge >= 0.3 is 0 Å². The third-order valence-corrected chi connectivity index (χ3v) is 9.05. The second kappa shape index (κ2) is 23.0. The Bertz CT molecular complexity index is 1300. The van der Waals surface area contributed by atoms with Crippen LogP contribution in [0.15, 0.2) is 42.0 Å². The lowest BCUT2D eigenvalue weighted by molar-refractivity contribution is -0.137. The zero-order chi connectivity index (χ0) is 36.2. The van der Waals surface area contributed by atoms with Crippen LogP contribution in [0.3, 0.4) is 0 Å². The van der Waals surface area contributed by atoms with Gasteiger partial charge in [0.2, 0.25) is 17.7 Å². The summed E-state index contributed by atoms with van der Waals surface area (Å²) in [5.74, 6) is -2.15. The van der Waals surface area contributed by atoms with Crippen molar-refractivity contribution in [3.05, 3.63) is 53.4 Å². The van der Waals surface area contributed by atoms with E-state index in [1.807, 2.05) is 13.0 Å². The fraction of sp³-hybridized carbons (Fsp3) is 0.571. The first-order chi connectivity index (χ1) is 23.5. The van der Waals surface area contributed by atoms with Crippen molar-refractivity contribution in [1.82, 2.24) is 20.6 Å². The number of benzene rings is 1. The maximum absolute atomic E-state index is 14.8. The molecular formula is C35H53FN5O7P. The Labute approximate surface area is 290 Å². The molecule has 3 rings (SSSR count). The van der Waals surface area contributed by atoms with E-state index in [1.165, 1.54) is 50.5 Å². The van der Waals surface area contributed by atoms with Crippen LogP contribution in [0.25, 0.3) is 0 Å². The van der Waals surface area contributed by atoms with Crippen LogP contribution < -0.4 is 21.0 Å². The van der Waals surface area contributed by atoms with Crippen LogP contribution in [0.4, 0.5) is 10.1 Å². The van der Waals surface area contributed by atoms with Gasteiger partial charge in [-0.1, -0.05) is 44.4 Å². The van der Waals surface area contributed by atoms with E-state index in [0.717, 1.165) is 29.6 Å². The first kappa shape index (κ1) is 41.7. The third-order valence-electron chi connectivity index (χ3n) is 7.41. The number of nitrogens with zero attached hydrogens (tertiary/aromatic N) is 1. The summed E-state index contributed by atoms with van der Waals surface area (Å²) >= 11 is 0. The SMILES string of the molecule is C/C(=C\CCP(NCC1CC1)OCc1ccc(NC(=O)C(C)NC(=O)CNC(=O)CCCCCN2C(=O)C=CC2=O)c(F)c1)CO.CCC. The van der Waals surface area contributed by atoms with E-state index in [0.29, 0.717) is 37.3 Å².